The van der Waals surface area contributed by atoms with E-state index >= 15 is 0 Å². The summed E-state index contributed by atoms with van der Waals surface area (Å²) in [7, 11) is 0. The van der Waals surface area contributed by atoms with Crippen molar-refractivity contribution >= 4 is 11.8 Å². The summed E-state index contributed by atoms with van der Waals surface area (Å²) in [5.41, 5.74) is 2.44. The number of aromatic nitrogens is 1. The molecule has 0 saturated carbocycles. The standard InChI is InChI=1S/C12H20N2S/c1-11-6-5-8-14-12(11)10-13-7-3-4-9-15-2/h5-6,8,13H,3-4,7,9-10H2,1-2H3. The van der Waals surface area contributed by atoms with Crippen LogP contribution in [0.5, 0.6) is 0 Å². The van der Waals surface area contributed by atoms with Crippen molar-refractivity contribution in [2.45, 2.75) is 26.3 Å². The lowest BCUT2D eigenvalue weighted by Gasteiger charge is -2.06. The molecule has 0 spiro atoms. The summed E-state index contributed by atoms with van der Waals surface area (Å²) in [6, 6.07) is 4.09. The van der Waals surface area contributed by atoms with Crippen molar-refractivity contribution in [2.24, 2.45) is 0 Å². The molecule has 1 aromatic heterocycles. The Hall–Kier alpha value is -0.540. The van der Waals surface area contributed by atoms with Crippen molar-refractivity contribution in [3.63, 3.8) is 0 Å². The maximum Gasteiger partial charge on any atom is 0.0570 e. The van der Waals surface area contributed by atoms with Gasteiger partial charge in [0.05, 0.1) is 5.69 Å². The lowest BCUT2D eigenvalue weighted by molar-refractivity contribution is 0.633. The average Bonchev–Trinajstić information content (AvgIpc) is 2.25. The minimum Gasteiger partial charge on any atom is -0.311 e. The summed E-state index contributed by atoms with van der Waals surface area (Å²) >= 11 is 1.92. The molecule has 0 bridgehead atoms. The maximum absolute atomic E-state index is 4.35. The smallest absolute Gasteiger partial charge is 0.0570 e. The van der Waals surface area contributed by atoms with Gasteiger partial charge in [-0.1, -0.05) is 6.07 Å². The Kier molecular flexibility index (Phi) is 6.44. The Morgan fingerprint density at radius 3 is 3.00 bits per heavy atom. The molecule has 1 aromatic rings. The van der Waals surface area contributed by atoms with Gasteiger partial charge < -0.3 is 5.32 Å². The van der Waals surface area contributed by atoms with E-state index in [4.69, 9.17) is 0 Å². The third-order valence-electron chi connectivity index (χ3n) is 2.36. The Morgan fingerprint density at radius 2 is 2.27 bits per heavy atom. The topological polar surface area (TPSA) is 24.9 Å². The highest BCUT2D eigenvalue weighted by atomic mass is 32.2. The van der Waals surface area contributed by atoms with Gasteiger partial charge in [0.15, 0.2) is 0 Å². The first kappa shape index (κ1) is 12.5. The summed E-state index contributed by atoms with van der Waals surface area (Å²) < 4.78 is 0. The van der Waals surface area contributed by atoms with Gasteiger partial charge in [-0.3, -0.25) is 4.98 Å². The second-order valence-corrected chi connectivity index (χ2v) is 4.63. The molecule has 0 fully saturated rings. The lowest BCUT2D eigenvalue weighted by atomic mass is 10.2. The van der Waals surface area contributed by atoms with Gasteiger partial charge in [-0.25, -0.2) is 0 Å². The predicted octanol–water partition coefficient (Wildman–Crippen LogP) is 2.62. The second-order valence-electron chi connectivity index (χ2n) is 3.64. The summed E-state index contributed by atoms with van der Waals surface area (Å²) in [6.45, 7) is 4.10. The summed E-state index contributed by atoms with van der Waals surface area (Å²) in [5, 5.41) is 3.43. The van der Waals surface area contributed by atoms with Crippen molar-refractivity contribution in [3.05, 3.63) is 29.6 Å². The van der Waals surface area contributed by atoms with Crippen molar-refractivity contribution in [3.8, 4) is 0 Å². The normalized spacial score (nSPS) is 10.5. The van der Waals surface area contributed by atoms with Crippen LogP contribution < -0.4 is 5.32 Å². The highest BCUT2D eigenvalue weighted by molar-refractivity contribution is 7.98. The average molecular weight is 224 g/mol. The van der Waals surface area contributed by atoms with Gasteiger partial charge in [0, 0.05) is 12.7 Å². The van der Waals surface area contributed by atoms with Gasteiger partial charge in [-0.05, 0) is 49.9 Å². The monoisotopic (exact) mass is 224 g/mol. The van der Waals surface area contributed by atoms with Crippen LogP contribution in [0.1, 0.15) is 24.1 Å². The Labute approximate surface area is 96.9 Å². The van der Waals surface area contributed by atoms with Gasteiger partial charge in [-0.15, -0.1) is 0 Å². The SMILES string of the molecule is CSCCCCNCc1ncccc1C. The Morgan fingerprint density at radius 1 is 1.40 bits per heavy atom. The molecular weight excluding hydrogens is 204 g/mol. The fourth-order valence-electron chi connectivity index (χ4n) is 1.41. The zero-order chi connectivity index (χ0) is 10.9. The van der Waals surface area contributed by atoms with Crippen molar-refractivity contribution < 1.29 is 0 Å². The van der Waals surface area contributed by atoms with Gasteiger partial charge in [-0.2, -0.15) is 11.8 Å². The molecule has 0 aliphatic carbocycles. The zero-order valence-corrected chi connectivity index (χ0v) is 10.4. The first-order valence-corrected chi connectivity index (χ1v) is 6.84. The number of hydrogen-bond acceptors (Lipinski definition) is 3. The van der Waals surface area contributed by atoms with Crippen LogP contribution in [-0.4, -0.2) is 23.5 Å². The Bertz CT molecular complexity index is 276. The fourth-order valence-corrected chi connectivity index (χ4v) is 1.90. The molecule has 1 N–H and O–H groups in total. The van der Waals surface area contributed by atoms with Crippen LogP contribution in [0.15, 0.2) is 18.3 Å². The minimum absolute atomic E-state index is 0.895. The number of pyridine rings is 1. The molecule has 84 valence electrons. The third-order valence-corrected chi connectivity index (χ3v) is 3.06. The van der Waals surface area contributed by atoms with Gasteiger partial charge in [0.25, 0.3) is 0 Å². The van der Waals surface area contributed by atoms with E-state index in [-0.39, 0.29) is 0 Å². The van der Waals surface area contributed by atoms with Crippen LogP contribution in [0.4, 0.5) is 0 Å². The van der Waals surface area contributed by atoms with E-state index < -0.39 is 0 Å². The molecule has 0 radical (unpaired) electrons. The predicted molar refractivity (Wildman–Crippen MR) is 68.3 cm³/mol. The molecule has 1 heterocycles. The molecule has 3 heteroatoms. The van der Waals surface area contributed by atoms with E-state index in [1.54, 1.807) is 0 Å². The number of unbranched alkanes of at least 4 members (excludes halogenated alkanes) is 1. The second kappa shape index (κ2) is 7.71. The largest absolute Gasteiger partial charge is 0.311 e. The summed E-state index contributed by atoms with van der Waals surface area (Å²) in [5.74, 6) is 1.27. The molecule has 0 aliphatic heterocycles. The van der Waals surface area contributed by atoms with Gasteiger partial charge in [0.1, 0.15) is 0 Å². The lowest BCUT2D eigenvalue weighted by Crippen LogP contribution is -2.16. The molecule has 0 aliphatic rings. The minimum atomic E-state index is 0.895. The van der Waals surface area contributed by atoms with E-state index in [1.807, 2.05) is 24.0 Å². The molecular formula is C12H20N2S. The van der Waals surface area contributed by atoms with E-state index in [0.29, 0.717) is 0 Å². The maximum atomic E-state index is 4.35. The number of hydrogen-bond donors (Lipinski definition) is 1. The number of thioether (sulfide) groups is 1. The van der Waals surface area contributed by atoms with Crippen molar-refractivity contribution in [1.82, 2.24) is 10.3 Å². The first-order valence-electron chi connectivity index (χ1n) is 5.44. The molecule has 15 heavy (non-hydrogen) atoms. The van der Waals surface area contributed by atoms with Crippen molar-refractivity contribution in [1.29, 1.82) is 0 Å². The highest BCUT2D eigenvalue weighted by Crippen LogP contribution is 2.02. The summed E-state index contributed by atoms with van der Waals surface area (Å²) in [6.07, 6.45) is 6.57. The van der Waals surface area contributed by atoms with Gasteiger partial charge in [0.2, 0.25) is 0 Å². The fraction of sp³-hybridized carbons (Fsp3) is 0.583. The third kappa shape index (κ3) is 5.19. The molecule has 0 unspecified atom stereocenters. The highest BCUT2D eigenvalue weighted by Gasteiger charge is 1.97. The Balaban J connectivity index is 2.12. The molecule has 0 amide bonds. The van der Waals surface area contributed by atoms with Crippen LogP contribution in [0, 0.1) is 6.92 Å². The zero-order valence-electron chi connectivity index (χ0n) is 9.62. The van der Waals surface area contributed by atoms with Crippen LogP contribution in [0.25, 0.3) is 0 Å². The first-order chi connectivity index (χ1) is 7.34. The van der Waals surface area contributed by atoms with E-state index in [0.717, 1.165) is 13.1 Å². The van der Waals surface area contributed by atoms with E-state index in [1.165, 1.54) is 29.9 Å². The van der Waals surface area contributed by atoms with E-state index in [2.05, 4.69) is 29.5 Å². The number of nitrogens with one attached hydrogen (secondary N) is 1. The molecule has 1 rings (SSSR count). The van der Waals surface area contributed by atoms with Crippen LogP contribution in [0.2, 0.25) is 0 Å². The van der Waals surface area contributed by atoms with Crippen LogP contribution in [0.3, 0.4) is 0 Å². The van der Waals surface area contributed by atoms with Crippen molar-refractivity contribution in [2.75, 3.05) is 18.6 Å². The number of nitrogens with zero attached hydrogens (tertiary/aromatic N) is 1. The van der Waals surface area contributed by atoms with Crippen LogP contribution >= 0.6 is 11.8 Å². The number of aryl methyl sites for hydroxylation is 1. The number of rotatable bonds is 7. The summed E-state index contributed by atoms with van der Waals surface area (Å²) in [4.78, 5) is 4.35. The van der Waals surface area contributed by atoms with Gasteiger partial charge >= 0.3 is 0 Å². The molecule has 2 nitrogen and oxygen atoms in total. The molecule has 0 aromatic carbocycles. The van der Waals surface area contributed by atoms with Crippen LogP contribution in [-0.2, 0) is 6.54 Å². The van der Waals surface area contributed by atoms with E-state index in [9.17, 15) is 0 Å². The molecule has 0 saturated heterocycles. The molecule has 0 atom stereocenters. The quantitative estimate of drug-likeness (QED) is 0.721.